The van der Waals surface area contributed by atoms with E-state index in [1.54, 1.807) is 52.6 Å². The Balaban J connectivity index is -0.0000000374. The van der Waals surface area contributed by atoms with Crippen molar-refractivity contribution in [2.45, 2.75) is 197 Å². The largest absolute Gasteiger partial charge is 0.469 e. The fourth-order valence-corrected chi connectivity index (χ4v) is 4.00. The van der Waals surface area contributed by atoms with E-state index in [1.807, 2.05) is 400 Å². The highest BCUT2D eigenvalue weighted by molar-refractivity contribution is 6.21. The summed E-state index contributed by atoms with van der Waals surface area (Å²) < 4.78 is 12.9. The van der Waals surface area contributed by atoms with E-state index in [9.17, 15) is 19.2 Å². The van der Waals surface area contributed by atoms with Crippen LogP contribution >= 0.6 is 0 Å². The number of imide groups is 1. The number of amides is 3. The summed E-state index contributed by atoms with van der Waals surface area (Å²) in [5.41, 5.74) is 1.01. The number of fused-ring (bicyclic) bond motifs is 1. The zero-order valence-electron chi connectivity index (χ0n) is 63.6. The van der Waals surface area contributed by atoms with E-state index >= 15 is 0 Å². The molecule has 10 heteroatoms. The summed E-state index contributed by atoms with van der Waals surface area (Å²) >= 11 is 0. The van der Waals surface area contributed by atoms with Crippen LogP contribution in [0.15, 0.2) is 279 Å². The van der Waals surface area contributed by atoms with Crippen molar-refractivity contribution in [3.05, 3.63) is 290 Å². The summed E-state index contributed by atoms with van der Waals surface area (Å²) in [5.74, 6) is -0.666. The van der Waals surface area contributed by atoms with E-state index in [2.05, 4.69) is 24.8 Å². The van der Waals surface area contributed by atoms with E-state index in [0.717, 1.165) is 11.5 Å². The van der Waals surface area contributed by atoms with Crippen molar-refractivity contribution < 1.29 is 33.4 Å². The van der Waals surface area contributed by atoms with Crippen LogP contribution in [0.25, 0.3) is 0 Å². The Bertz CT molecular complexity index is 1720. The first-order chi connectivity index (χ1) is 45.0. The number of methoxy groups -OCH3 is 3. The first-order valence-electron chi connectivity index (χ1n) is 32.6. The molecule has 0 spiro atoms. The number of esters is 1. The van der Waals surface area contributed by atoms with Crippen LogP contribution in [0.5, 0.6) is 0 Å². The van der Waals surface area contributed by atoms with Crippen molar-refractivity contribution in [1.82, 2.24) is 15.5 Å². The number of carbonyl (C=O) groups is 4. The van der Waals surface area contributed by atoms with E-state index in [0.29, 0.717) is 11.1 Å². The summed E-state index contributed by atoms with van der Waals surface area (Å²) in [7, 11) is 13.1. The van der Waals surface area contributed by atoms with Crippen molar-refractivity contribution in [2.75, 3.05) is 63.2 Å². The van der Waals surface area contributed by atoms with Gasteiger partial charge in [0.1, 0.15) is 0 Å². The molecule has 0 unspecified atom stereocenters. The lowest BCUT2D eigenvalue weighted by molar-refractivity contribution is -0.138. The average molecular weight is 1390 g/mol. The molecule has 0 radical (unpaired) electrons. The number of nitrogens with zero attached hydrogens (tertiary/aromatic N) is 1. The standard InChI is InChI=1S/C9H7NO2.7C6H6.C3H7NO.C3H6O2.C3H8O.C2H7N.C2H6O.9C2H6.7CH4/c1-10-8(11)6-4-2-3-5-7(6)9(10)12;7*1-2-4-6-5-3-1;1-3(5)4-2;1-3(4)5-2;1-3-4-2;2*1-3-2;9*1-2;;;;;;;/h2-5H,1H3;7*1-6H;1-2H3,(H,4,5);1-2H3;3H2,1-2H3;3H,1-2H3;1-2H3;9*1-2H3;7*1H4. The van der Waals surface area contributed by atoms with E-state index in [4.69, 9.17) is 0 Å². The molecule has 9 rings (SSSR count). The lowest BCUT2D eigenvalue weighted by Crippen LogP contribution is -2.24. The highest BCUT2D eigenvalue weighted by Crippen LogP contribution is 2.20. The van der Waals surface area contributed by atoms with Gasteiger partial charge >= 0.3 is 5.97 Å². The summed E-state index contributed by atoms with van der Waals surface area (Å²) in [6.45, 7) is 41.6. The van der Waals surface area contributed by atoms with Crippen LogP contribution in [0.1, 0.15) is 218 Å². The Kier molecular flexibility index (Phi) is 249. The molecule has 1 aliphatic heterocycles. The Hall–Kier alpha value is -8.28. The molecule has 8 aromatic rings. The second-order valence-electron chi connectivity index (χ2n) is 13.8. The monoisotopic (exact) mass is 1390 g/mol. The lowest BCUT2D eigenvalue weighted by Gasteiger charge is -2.02. The molecule has 1 heterocycles. The van der Waals surface area contributed by atoms with Crippen molar-refractivity contribution >= 4 is 23.7 Å². The van der Waals surface area contributed by atoms with Gasteiger partial charge in [-0.1, -0.05) is 444 Å². The third-order valence-corrected chi connectivity index (χ3v) is 7.59. The average Bonchev–Trinajstić information content (AvgIpc) is 1.66. The molecular weight excluding hydrogens is 1220 g/mol. The minimum atomic E-state index is -0.245. The smallest absolute Gasteiger partial charge is 0.302 e. The topological polar surface area (TPSA) is 123 Å². The molecule has 0 saturated heterocycles. The molecule has 0 aromatic heterocycles. The van der Waals surface area contributed by atoms with Crippen molar-refractivity contribution in [1.29, 1.82) is 0 Å². The minimum absolute atomic E-state index is 0. The number of rotatable bonds is 1. The zero-order valence-corrected chi connectivity index (χ0v) is 63.6. The van der Waals surface area contributed by atoms with Gasteiger partial charge in [0.2, 0.25) is 5.91 Å². The van der Waals surface area contributed by atoms with Gasteiger partial charge in [-0.3, -0.25) is 24.1 Å². The maximum absolute atomic E-state index is 11.3. The van der Waals surface area contributed by atoms with Crippen LogP contribution < -0.4 is 10.6 Å². The molecule has 0 bridgehead atoms. The molecule has 0 atom stereocenters. The second-order valence-corrected chi connectivity index (χ2v) is 13.8. The van der Waals surface area contributed by atoms with E-state index in [-0.39, 0.29) is 75.7 Å². The first-order valence-corrected chi connectivity index (χ1v) is 32.6. The van der Waals surface area contributed by atoms with Crippen LogP contribution in [-0.2, 0) is 23.8 Å². The van der Waals surface area contributed by atoms with Gasteiger partial charge < -0.3 is 24.8 Å². The molecule has 0 fully saturated rings. The molecular formula is C89H165N3O7. The third kappa shape index (κ3) is 160. The molecule has 0 saturated carbocycles. The minimum Gasteiger partial charge on any atom is -0.469 e. The number of nitrogens with one attached hydrogen (secondary N) is 2. The van der Waals surface area contributed by atoms with E-state index in [1.165, 1.54) is 28.0 Å². The normalized spacial score (nSPS) is 7.14. The summed E-state index contributed by atoms with van der Waals surface area (Å²) in [4.78, 5) is 43.0. The van der Waals surface area contributed by atoms with Gasteiger partial charge in [0.05, 0.1) is 18.2 Å². The van der Waals surface area contributed by atoms with Crippen molar-refractivity contribution in [3.8, 4) is 0 Å². The second kappa shape index (κ2) is 169. The predicted octanol–water partition coefficient (Wildman–Crippen LogP) is 27.1. The maximum Gasteiger partial charge on any atom is 0.302 e. The maximum atomic E-state index is 11.3. The summed E-state index contributed by atoms with van der Waals surface area (Å²) in [6, 6.07) is 90.8. The number of carbonyl (C=O) groups excluding carboxylic acids is 4. The Morgan fingerprint density at radius 1 is 0.313 bits per heavy atom. The van der Waals surface area contributed by atoms with Gasteiger partial charge in [-0.25, -0.2) is 0 Å². The van der Waals surface area contributed by atoms with E-state index < -0.39 is 0 Å². The van der Waals surface area contributed by atoms with Crippen molar-refractivity contribution in [2.24, 2.45) is 0 Å². The zero-order chi connectivity index (χ0) is 73.8. The molecule has 578 valence electrons. The Labute approximate surface area is 620 Å². The molecule has 0 aliphatic carbocycles. The van der Waals surface area contributed by atoms with Gasteiger partial charge in [-0.2, -0.15) is 0 Å². The fraction of sp³-hybridized carbons (Fsp3) is 0.416. The van der Waals surface area contributed by atoms with Crippen LogP contribution in [0.2, 0.25) is 0 Å². The van der Waals surface area contributed by atoms with Gasteiger partial charge in [-0.05, 0) is 33.2 Å². The van der Waals surface area contributed by atoms with Crippen LogP contribution in [0.4, 0.5) is 0 Å². The predicted molar refractivity (Wildman–Crippen MR) is 460 cm³/mol. The molecule has 1 aliphatic rings. The molecule has 3 amide bonds. The van der Waals surface area contributed by atoms with Gasteiger partial charge in [0.25, 0.3) is 11.8 Å². The molecule has 99 heavy (non-hydrogen) atoms. The quantitative estimate of drug-likeness (QED) is 0.123. The SMILES string of the molecule is C.C.C.C.C.C.C.CC.CC.CC.CC.CC.CC.CC.CC.CC.CCOC.CN1C(=O)c2ccccc2C1=O.CNC.CNC(C)=O.COC.COC(C)=O.c1ccccc1.c1ccccc1.c1ccccc1.c1ccccc1.c1ccccc1.c1ccccc1.c1ccccc1. The molecule has 10 nitrogen and oxygen atoms in total. The first kappa shape index (κ1) is 146. The van der Waals surface area contributed by atoms with Gasteiger partial charge in [0.15, 0.2) is 0 Å². The lowest BCUT2D eigenvalue weighted by atomic mass is 10.1. The third-order valence-electron chi connectivity index (χ3n) is 7.59. The van der Waals surface area contributed by atoms with Gasteiger partial charge in [0, 0.05) is 55.9 Å². The summed E-state index contributed by atoms with van der Waals surface area (Å²) in [6.07, 6.45) is 0. The van der Waals surface area contributed by atoms with Crippen molar-refractivity contribution in [3.63, 3.8) is 0 Å². The number of hydrogen-bond donors (Lipinski definition) is 2. The fourth-order valence-electron chi connectivity index (χ4n) is 4.00. The van der Waals surface area contributed by atoms with Crippen LogP contribution in [-0.4, -0.2) is 91.8 Å². The highest BCUT2D eigenvalue weighted by Gasteiger charge is 2.31. The number of benzene rings is 8. The van der Waals surface area contributed by atoms with Crippen LogP contribution in [0.3, 0.4) is 0 Å². The molecule has 2 N–H and O–H groups in total. The Morgan fingerprint density at radius 3 is 0.465 bits per heavy atom. The summed E-state index contributed by atoms with van der Waals surface area (Å²) in [5, 5.41) is 5.14. The number of hydrogen-bond acceptors (Lipinski definition) is 8. The van der Waals surface area contributed by atoms with Crippen LogP contribution in [0, 0.1) is 0 Å². The molecule has 8 aromatic carbocycles. The van der Waals surface area contributed by atoms with Gasteiger partial charge in [-0.15, -0.1) is 0 Å². The number of ether oxygens (including phenoxy) is 3. The highest BCUT2D eigenvalue weighted by atomic mass is 16.5. The Morgan fingerprint density at radius 2 is 0.404 bits per heavy atom.